The maximum atomic E-state index is 11.8. The van der Waals surface area contributed by atoms with E-state index in [0.717, 1.165) is 25.9 Å². The second kappa shape index (κ2) is 7.36. The largest absolute Gasteiger partial charge is 0.345 e. The Morgan fingerprint density at radius 1 is 1.39 bits per heavy atom. The Hall–Kier alpha value is -1.10. The summed E-state index contributed by atoms with van der Waals surface area (Å²) in [6, 6.07) is -0.427. The predicted octanol–water partition coefficient (Wildman–Crippen LogP) is 0.359. The highest BCUT2D eigenvalue weighted by molar-refractivity contribution is 5.87. The third-order valence-corrected chi connectivity index (χ3v) is 3.53. The van der Waals surface area contributed by atoms with Crippen molar-refractivity contribution in [3.63, 3.8) is 0 Å². The van der Waals surface area contributed by atoms with E-state index in [9.17, 15) is 9.59 Å². The van der Waals surface area contributed by atoms with E-state index in [2.05, 4.69) is 10.6 Å². The summed E-state index contributed by atoms with van der Waals surface area (Å²) in [5, 5.41) is 6.07. The van der Waals surface area contributed by atoms with E-state index in [1.807, 2.05) is 6.92 Å². The van der Waals surface area contributed by atoms with Gasteiger partial charge in [-0.3, -0.25) is 9.59 Å². The molecule has 5 nitrogen and oxygen atoms in total. The molecule has 0 radical (unpaired) electrons. The molecule has 1 heterocycles. The van der Waals surface area contributed by atoms with Gasteiger partial charge in [-0.2, -0.15) is 0 Å². The molecule has 1 saturated heterocycles. The number of hydrogen-bond acceptors (Lipinski definition) is 3. The van der Waals surface area contributed by atoms with E-state index in [0.29, 0.717) is 18.9 Å². The molecule has 0 bridgehead atoms. The third-order valence-electron chi connectivity index (χ3n) is 3.53. The molecule has 1 unspecified atom stereocenters. The quantitative estimate of drug-likeness (QED) is 0.745. The first-order valence-corrected chi connectivity index (χ1v) is 6.79. The van der Waals surface area contributed by atoms with Crippen molar-refractivity contribution in [1.82, 2.24) is 15.5 Å². The molecule has 0 aromatic carbocycles. The standard InChI is InChI=1S/C13H25N3O2/c1-4-16(3)13(18)10(2)15-12(17)9-11-5-7-14-8-6-11/h10-11,14H,4-9H2,1-3H3,(H,15,17). The topological polar surface area (TPSA) is 61.4 Å². The summed E-state index contributed by atoms with van der Waals surface area (Å²) in [7, 11) is 1.75. The number of carbonyl (C=O) groups excluding carboxylic acids is 2. The van der Waals surface area contributed by atoms with Gasteiger partial charge in [0.15, 0.2) is 0 Å². The molecule has 1 aliphatic rings. The summed E-state index contributed by atoms with van der Waals surface area (Å²) in [6.07, 6.45) is 2.63. The Labute approximate surface area is 109 Å². The number of rotatable bonds is 5. The van der Waals surface area contributed by atoms with Gasteiger partial charge in [-0.25, -0.2) is 0 Å². The molecule has 1 rings (SSSR count). The lowest BCUT2D eigenvalue weighted by atomic mass is 9.94. The summed E-state index contributed by atoms with van der Waals surface area (Å²) in [5.41, 5.74) is 0. The molecule has 1 aliphatic heterocycles. The Bertz CT molecular complexity index is 288. The molecule has 0 spiro atoms. The van der Waals surface area contributed by atoms with Crippen LogP contribution in [0.5, 0.6) is 0 Å². The van der Waals surface area contributed by atoms with Crippen molar-refractivity contribution in [3.8, 4) is 0 Å². The molecule has 104 valence electrons. The van der Waals surface area contributed by atoms with Crippen LogP contribution in [0, 0.1) is 5.92 Å². The highest BCUT2D eigenvalue weighted by Gasteiger charge is 2.21. The molecule has 1 fully saturated rings. The lowest BCUT2D eigenvalue weighted by Gasteiger charge is -2.24. The van der Waals surface area contributed by atoms with Gasteiger partial charge in [0.1, 0.15) is 6.04 Å². The predicted molar refractivity (Wildman–Crippen MR) is 71.1 cm³/mol. The molecule has 5 heteroatoms. The number of likely N-dealkylation sites (N-methyl/N-ethyl adjacent to an activating group) is 1. The molecule has 0 aliphatic carbocycles. The Balaban J connectivity index is 2.32. The zero-order valence-corrected chi connectivity index (χ0v) is 11.7. The van der Waals surface area contributed by atoms with Crippen molar-refractivity contribution < 1.29 is 9.59 Å². The van der Waals surface area contributed by atoms with Gasteiger partial charge >= 0.3 is 0 Å². The van der Waals surface area contributed by atoms with Crippen molar-refractivity contribution in [2.45, 2.75) is 39.2 Å². The van der Waals surface area contributed by atoms with E-state index in [1.165, 1.54) is 0 Å². The minimum Gasteiger partial charge on any atom is -0.345 e. The van der Waals surface area contributed by atoms with Crippen LogP contribution in [-0.2, 0) is 9.59 Å². The average molecular weight is 255 g/mol. The van der Waals surface area contributed by atoms with Crippen LogP contribution < -0.4 is 10.6 Å². The van der Waals surface area contributed by atoms with E-state index < -0.39 is 6.04 Å². The summed E-state index contributed by atoms with van der Waals surface area (Å²) in [6.45, 7) is 6.31. The lowest BCUT2D eigenvalue weighted by molar-refractivity contribution is -0.135. The third kappa shape index (κ3) is 4.64. The second-order valence-electron chi connectivity index (χ2n) is 5.04. The fourth-order valence-electron chi connectivity index (χ4n) is 2.20. The molecule has 0 saturated carbocycles. The zero-order chi connectivity index (χ0) is 13.5. The van der Waals surface area contributed by atoms with Crippen LogP contribution in [0.4, 0.5) is 0 Å². The molecule has 0 aromatic heterocycles. The molecular formula is C13H25N3O2. The molecule has 0 aromatic rings. The fraction of sp³-hybridized carbons (Fsp3) is 0.846. The minimum atomic E-state index is -0.427. The number of nitrogens with one attached hydrogen (secondary N) is 2. The first-order chi connectivity index (χ1) is 8.54. The Morgan fingerprint density at radius 2 is 2.00 bits per heavy atom. The van der Waals surface area contributed by atoms with Crippen molar-refractivity contribution in [3.05, 3.63) is 0 Å². The van der Waals surface area contributed by atoms with Crippen LogP contribution in [0.15, 0.2) is 0 Å². The van der Waals surface area contributed by atoms with Crippen molar-refractivity contribution in [1.29, 1.82) is 0 Å². The van der Waals surface area contributed by atoms with E-state index in [-0.39, 0.29) is 11.8 Å². The maximum Gasteiger partial charge on any atom is 0.244 e. The second-order valence-corrected chi connectivity index (χ2v) is 5.04. The number of piperidine rings is 1. The molecular weight excluding hydrogens is 230 g/mol. The Morgan fingerprint density at radius 3 is 2.56 bits per heavy atom. The summed E-state index contributed by atoms with van der Waals surface area (Å²) < 4.78 is 0. The van der Waals surface area contributed by atoms with Gasteiger partial charge in [0.25, 0.3) is 0 Å². The van der Waals surface area contributed by atoms with Gasteiger partial charge in [0, 0.05) is 20.0 Å². The fourth-order valence-corrected chi connectivity index (χ4v) is 2.20. The van der Waals surface area contributed by atoms with Crippen molar-refractivity contribution >= 4 is 11.8 Å². The normalized spacial score (nSPS) is 18.2. The molecule has 2 amide bonds. The smallest absolute Gasteiger partial charge is 0.244 e. The molecule has 1 atom stereocenters. The molecule has 18 heavy (non-hydrogen) atoms. The molecule has 2 N–H and O–H groups in total. The van der Waals surface area contributed by atoms with Gasteiger partial charge in [-0.15, -0.1) is 0 Å². The zero-order valence-electron chi connectivity index (χ0n) is 11.7. The summed E-state index contributed by atoms with van der Waals surface area (Å²) in [4.78, 5) is 25.3. The lowest BCUT2D eigenvalue weighted by Crippen LogP contribution is -2.46. The first-order valence-electron chi connectivity index (χ1n) is 6.79. The van der Waals surface area contributed by atoms with Gasteiger partial charge in [0.2, 0.25) is 11.8 Å². The van der Waals surface area contributed by atoms with Crippen molar-refractivity contribution in [2.24, 2.45) is 5.92 Å². The monoisotopic (exact) mass is 255 g/mol. The SMILES string of the molecule is CCN(C)C(=O)C(C)NC(=O)CC1CCNCC1. The van der Waals surface area contributed by atoms with Crippen LogP contribution >= 0.6 is 0 Å². The van der Waals surface area contributed by atoms with Gasteiger partial charge in [-0.1, -0.05) is 0 Å². The van der Waals surface area contributed by atoms with Crippen LogP contribution in [0.25, 0.3) is 0 Å². The van der Waals surface area contributed by atoms with Gasteiger partial charge in [0.05, 0.1) is 0 Å². The van der Waals surface area contributed by atoms with Gasteiger partial charge in [-0.05, 0) is 45.7 Å². The van der Waals surface area contributed by atoms with E-state index in [1.54, 1.807) is 18.9 Å². The van der Waals surface area contributed by atoms with Crippen molar-refractivity contribution in [2.75, 3.05) is 26.7 Å². The first kappa shape index (κ1) is 15.0. The summed E-state index contributed by atoms with van der Waals surface area (Å²) in [5.74, 6) is 0.417. The highest BCUT2D eigenvalue weighted by Crippen LogP contribution is 2.15. The number of hydrogen-bond donors (Lipinski definition) is 2. The summed E-state index contributed by atoms with van der Waals surface area (Å²) >= 11 is 0. The maximum absolute atomic E-state index is 11.8. The Kier molecular flexibility index (Phi) is 6.12. The number of amides is 2. The van der Waals surface area contributed by atoms with Crippen LogP contribution in [-0.4, -0.2) is 49.4 Å². The van der Waals surface area contributed by atoms with Crippen LogP contribution in [0.2, 0.25) is 0 Å². The van der Waals surface area contributed by atoms with Crippen LogP contribution in [0.1, 0.15) is 33.1 Å². The van der Waals surface area contributed by atoms with Gasteiger partial charge < -0.3 is 15.5 Å². The number of nitrogens with zero attached hydrogens (tertiary/aromatic N) is 1. The average Bonchev–Trinajstić information content (AvgIpc) is 2.37. The van der Waals surface area contributed by atoms with E-state index in [4.69, 9.17) is 0 Å². The van der Waals surface area contributed by atoms with Crippen LogP contribution in [0.3, 0.4) is 0 Å². The minimum absolute atomic E-state index is 0.00717. The van der Waals surface area contributed by atoms with E-state index >= 15 is 0 Å². The number of carbonyl (C=O) groups is 2. The highest BCUT2D eigenvalue weighted by atomic mass is 16.2.